The van der Waals surface area contributed by atoms with Crippen molar-refractivity contribution >= 4 is 0 Å². The molecule has 2 nitrogen and oxygen atoms in total. The summed E-state index contributed by atoms with van der Waals surface area (Å²) in [5.74, 6) is 0.352. The lowest BCUT2D eigenvalue weighted by Crippen LogP contribution is -2.31. The summed E-state index contributed by atoms with van der Waals surface area (Å²) < 4.78 is 54.3. The lowest BCUT2D eigenvalue weighted by molar-refractivity contribution is -0.135. The van der Waals surface area contributed by atoms with Crippen LogP contribution < -0.4 is 10.1 Å². The third-order valence-corrected chi connectivity index (χ3v) is 2.95. The van der Waals surface area contributed by atoms with E-state index in [1.54, 1.807) is 6.07 Å². The highest BCUT2D eigenvalue weighted by Gasteiger charge is 2.26. The molecule has 0 aliphatic carbocycles. The SMILES string of the molecule is Fc1ccc2c(c1)CC(CNCCCC(F)(F)F)O2. The van der Waals surface area contributed by atoms with Crippen LogP contribution in [0, 0.1) is 5.82 Å². The Morgan fingerprint density at radius 3 is 2.84 bits per heavy atom. The summed E-state index contributed by atoms with van der Waals surface area (Å²) in [5.41, 5.74) is 0.807. The molecule has 0 fully saturated rings. The minimum atomic E-state index is -4.10. The normalized spacial score (nSPS) is 18.2. The minimum absolute atomic E-state index is 0.0534. The van der Waals surface area contributed by atoms with E-state index in [-0.39, 0.29) is 18.3 Å². The highest BCUT2D eigenvalue weighted by Crippen LogP contribution is 2.29. The summed E-state index contributed by atoms with van der Waals surface area (Å²) in [6, 6.07) is 4.34. The van der Waals surface area contributed by atoms with Crippen molar-refractivity contribution in [1.29, 1.82) is 0 Å². The second-order valence-electron chi connectivity index (χ2n) is 4.62. The van der Waals surface area contributed by atoms with Crippen LogP contribution in [0.25, 0.3) is 0 Å². The summed E-state index contributed by atoms with van der Waals surface area (Å²) in [7, 11) is 0. The van der Waals surface area contributed by atoms with E-state index < -0.39 is 12.6 Å². The Kier molecular flexibility index (Phi) is 4.29. The third kappa shape index (κ3) is 4.38. The summed E-state index contributed by atoms with van der Waals surface area (Å²) in [5, 5.41) is 2.93. The maximum atomic E-state index is 13.0. The van der Waals surface area contributed by atoms with Gasteiger partial charge >= 0.3 is 6.18 Å². The van der Waals surface area contributed by atoms with Crippen LogP contribution in [0.15, 0.2) is 18.2 Å². The predicted octanol–water partition coefficient (Wildman–Crippen LogP) is 3.06. The van der Waals surface area contributed by atoms with E-state index in [0.29, 0.717) is 25.3 Å². The average Bonchev–Trinajstić information content (AvgIpc) is 2.68. The van der Waals surface area contributed by atoms with Gasteiger partial charge in [0.05, 0.1) is 0 Å². The first kappa shape index (κ1) is 14.1. The van der Waals surface area contributed by atoms with Crippen molar-refractivity contribution in [3.8, 4) is 5.75 Å². The van der Waals surface area contributed by atoms with Gasteiger partial charge in [-0.15, -0.1) is 0 Å². The van der Waals surface area contributed by atoms with Gasteiger partial charge in [0.25, 0.3) is 0 Å². The van der Waals surface area contributed by atoms with Gasteiger partial charge in [0.15, 0.2) is 0 Å². The Labute approximate surface area is 108 Å². The van der Waals surface area contributed by atoms with E-state index in [4.69, 9.17) is 4.74 Å². The maximum Gasteiger partial charge on any atom is 0.389 e. The number of hydrogen-bond donors (Lipinski definition) is 1. The first-order valence-corrected chi connectivity index (χ1v) is 6.16. The molecule has 1 atom stereocenters. The molecule has 1 aliphatic heterocycles. The summed E-state index contributed by atoms with van der Waals surface area (Å²) in [6.07, 6.45) is -4.38. The molecule has 1 aromatic rings. The van der Waals surface area contributed by atoms with Crippen molar-refractivity contribution in [1.82, 2.24) is 5.32 Å². The number of halogens is 4. The van der Waals surface area contributed by atoms with Gasteiger partial charge in [0, 0.05) is 24.9 Å². The van der Waals surface area contributed by atoms with Crippen LogP contribution in [-0.2, 0) is 6.42 Å². The molecule has 106 valence electrons. The van der Waals surface area contributed by atoms with Crippen molar-refractivity contribution < 1.29 is 22.3 Å². The van der Waals surface area contributed by atoms with Crippen LogP contribution in [-0.4, -0.2) is 25.4 Å². The van der Waals surface area contributed by atoms with Crippen LogP contribution >= 0.6 is 0 Å². The van der Waals surface area contributed by atoms with E-state index in [0.717, 1.165) is 5.56 Å². The summed E-state index contributed by atoms with van der Waals surface area (Å²) in [4.78, 5) is 0. The second-order valence-corrected chi connectivity index (χ2v) is 4.62. The molecule has 2 rings (SSSR count). The third-order valence-electron chi connectivity index (χ3n) is 2.95. The Morgan fingerprint density at radius 1 is 1.32 bits per heavy atom. The van der Waals surface area contributed by atoms with Gasteiger partial charge in [0.2, 0.25) is 0 Å². The molecule has 1 heterocycles. The molecule has 0 saturated carbocycles. The number of alkyl halides is 3. The lowest BCUT2D eigenvalue weighted by atomic mass is 10.1. The van der Waals surface area contributed by atoms with Gasteiger partial charge in [-0.2, -0.15) is 13.2 Å². The largest absolute Gasteiger partial charge is 0.488 e. The van der Waals surface area contributed by atoms with Crippen molar-refractivity contribution in [2.24, 2.45) is 0 Å². The topological polar surface area (TPSA) is 21.3 Å². The number of benzene rings is 1. The number of nitrogens with one attached hydrogen (secondary N) is 1. The summed E-state index contributed by atoms with van der Waals surface area (Å²) >= 11 is 0. The van der Waals surface area contributed by atoms with Crippen molar-refractivity contribution in [2.45, 2.75) is 31.5 Å². The van der Waals surface area contributed by atoms with Gasteiger partial charge in [-0.3, -0.25) is 0 Å². The van der Waals surface area contributed by atoms with E-state index in [9.17, 15) is 17.6 Å². The molecule has 19 heavy (non-hydrogen) atoms. The smallest absolute Gasteiger partial charge is 0.389 e. The molecule has 1 N–H and O–H groups in total. The molecule has 1 aromatic carbocycles. The van der Waals surface area contributed by atoms with Crippen molar-refractivity contribution in [2.75, 3.05) is 13.1 Å². The van der Waals surface area contributed by atoms with Crippen molar-refractivity contribution in [3.05, 3.63) is 29.6 Å². The van der Waals surface area contributed by atoms with Crippen LogP contribution in [0.1, 0.15) is 18.4 Å². The van der Waals surface area contributed by atoms with Gasteiger partial charge < -0.3 is 10.1 Å². The first-order chi connectivity index (χ1) is 8.94. The average molecular weight is 277 g/mol. The molecule has 0 amide bonds. The van der Waals surface area contributed by atoms with E-state index in [1.165, 1.54) is 12.1 Å². The molecular formula is C13H15F4NO. The molecular weight excluding hydrogens is 262 g/mol. The second kappa shape index (κ2) is 5.77. The molecule has 0 bridgehead atoms. The zero-order valence-corrected chi connectivity index (χ0v) is 10.3. The van der Waals surface area contributed by atoms with Crippen LogP contribution in [0.3, 0.4) is 0 Å². The quantitative estimate of drug-likeness (QED) is 0.659. The Morgan fingerprint density at radius 2 is 2.11 bits per heavy atom. The van der Waals surface area contributed by atoms with Gasteiger partial charge in [0.1, 0.15) is 17.7 Å². The predicted molar refractivity (Wildman–Crippen MR) is 62.7 cm³/mol. The fourth-order valence-electron chi connectivity index (χ4n) is 2.08. The maximum absolute atomic E-state index is 13.0. The zero-order chi connectivity index (χ0) is 13.9. The molecule has 0 radical (unpaired) electrons. The van der Waals surface area contributed by atoms with Gasteiger partial charge in [-0.05, 0) is 31.2 Å². The Hall–Kier alpha value is -1.30. The Balaban J connectivity index is 1.67. The number of rotatable bonds is 5. The van der Waals surface area contributed by atoms with Crippen LogP contribution in [0.4, 0.5) is 17.6 Å². The monoisotopic (exact) mass is 277 g/mol. The van der Waals surface area contributed by atoms with Gasteiger partial charge in [-0.25, -0.2) is 4.39 Å². The lowest BCUT2D eigenvalue weighted by Gasteiger charge is -2.12. The highest BCUT2D eigenvalue weighted by molar-refractivity contribution is 5.37. The Bertz CT molecular complexity index is 433. The first-order valence-electron chi connectivity index (χ1n) is 6.16. The molecule has 0 saturated heterocycles. The molecule has 1 aliphatic rings. The zero-order valence-electron chi connectivity index (χ0n) is 10.3. The summed E-state index contributed by atoms with van der Waals surface area (Å²) in [6.45, 7) is 0.762. The number of fused-ring (bicyclic) bond motifs is 1. The van der Waals surface area contributed by atoms with E-state index in [2.05, 4.69) is 5.32 Å². The van der Waals surface area contributed by atoms with Crippen molar-refractivity contribution in [3.63, 3.8) is 0 Å². The molecule has 1 unspecified atom stereocenters. The fourth-order valence-corrected chi connectivity index (χ4v) is 2.08. The molecule has 0 spiro atoms. The number of hydrogen-bond acceptors (Lipinski definition) is 2. The molecule has 6 heteroatoms. The van der Waals surface area contributed by atoms with Crippen LogP contribution in [0.2, 0.25) is 0 Å². The molecule has 0 aromatic heterocycles. The van der Waals surface area contributed by atoms with E-state index in [1.807, 2.05) is 0 Å². The minimum Gasteiger partial charge on any atom is -0.488 e. The number of ether oxygens (including phenoxy) is 1. The van der Waals surface area contributed by atoms with Crippen LogP contribution in [0.5, 0.6) is 5.75 Å². The van der Waals surface area contributed by atoms with E-state index >= 15 is 0 Å². The highest BCUT2D eigenvalue weighted by atomic mass is 19.4. The van der Waals surface area contributed by atoms with Gasteiger partial charge in [-0.1, -0.05) is 0 Å². The fraction of sp³-hybridized carbons (Fsp3) is 0.538. The standard InChI is InChI=1S/C13H15F4NO/c14-10-2-3-12-9(6-10)7-11(19-12)8-18-5-1-4-13(15,16)17/h2-3,6,11,18H,1,4-5,7-8H2.